The summed E-state index contributed by atoms with van der Waals surface area (Å²) in [7, 11) is -2.71. The molecule has 3 aromatic carbocycles. The van der Waals surface area contributed by atoms with Crippen LogP contribution in [0.1, 0.15) is 37.8 Å². The number of aryl methyl sites for hydroxylation is 1. The first-order valence-electron chi connectivity index (χ1n) is 13.2. The molecule has 0 bridgehead atoms. The summed E-state index contributed by atoms with van der Waals surface area (Å²) >= 11 is 12.7. The number of anilines is 1. The molecule has 0 saturated heterocycles. The fourth-order valence-electron chi connectivity index (χ4n) is 4.08. The third-order valence-corrected chi connectivity index (χ3v) is 9.18. The number of amides is 2. The van der Waals surface area contributed by atoms with Crippen molar-refractivity contribution in [1.82, 2.24) is 10.2 Å². The second-order valence-corrected chi connectivity index (χ2v) is 12.2. The number of unbranched alkanes of at least 4 members (excludes halogenated alkanes) is 1. The standard InChI is InChI=1S/C30H35Cl2N3O5S/c1-5-6-18-33-30(37)22(3)34(19-23-12-14-24(40-4)15-13-23)28(36)20-35(27-9-7-8-26(31)29(27)32)41(38,39)25-16-10-21(2)11-17-25/h7-17,22H,5-6,18-20H2,1-4H3,(H,33,37)/t22-/m1/s1. The number of methoxy groups -OCH3 is 1. The summed E-state index contributed by atoms with van der Waals surface area (Å²) in [6, 6.07) is 17.1. The van der Waals surface area contributed by atoms with Gasteiger partial charge in [-0.3, -0.25) is 13.9 Å². The molecule has 0 saturated carbocycles. The number of carbonyl (C=O) groups is 2. The van der Waals surface area contributed by atoms with Crippen molar-refractivity contribution >= 4 is 50.7 Å². The van der Waals surface area contributed by atoms with Gasteiger partial charge in [0.2, 0.25) is 11.8 Å². The summed E-state index contributed by atoms with van der Waals surface area (Å²) in [5.41, 5.74) is 1.67. The fourth-order valence-corrected chi connectivity index (χ4v) is 5.96. The van der Waals surface area contributed by atoms with Gasteiger partial charge >= 0.3 is 0 Å². The van der Waals surface area contributed by atoms with Crippen molar-refractivity contribution in [2.45, 2.75) is 51.1 Å². The van der Waals surface area contributed by atoms with Gasteiger partial charge in [0.15, 0.2) is 0 Å². The van der Waals surface area contributed by atoms with Gasteiger partial charge in [0.25, 0.3) is 10.0 Å². The zero-order valence-corrected chi connectivity index (χ0v) is 25.9. The van der Waals surface area contributed by atoms with Gasteiger partial charge < -0.3 is 15.0 Å². The quantitative estimate of drug-likeness (QED) is 0.243. The van der Waals surface area contributed by atoms with E-state index in [-0.39, 0.29) is 33.1 Å². The topological polar surface area (TPSA) is 96.0 Å². The first-order valence-corrected chi connectivity index (χ1v) is 15.4. The van der Waals surface area contributed by atoms with Gasteiger partial charge in [0.1, 0.15) is 18.3 Å². The van der Waals surface area contributed by atoms with Crippen LogP contribution >= 0.6 is 23.2 Å². The molecule has 0 radical (unpaired) electrons. The molecule has 2 amide bonds. The number of hydrogen-bond acceptors (Lipinski definition) is 5. The van der Waals surface area contributed by atoms with Crippen molar-refractivity contribution in [3.8, 4) is 5.75 Å². The predicted molar refractivity (Wildman–Crippen MR) is 163 cm³/mol. The van der Waals surface area contributed by atoms with Crippen molar-refractivity contribution < 1.29 is 22.7 Å². The number of hydrogen-bond donors (Lipinski definition) is 1. The summed E-state index contributed by atoms with van der Waals surface area (Å²) in [5, 5.41) is 2.99. The van der Waals surface area contributed by atoms with Gasteiger partial charge in [-0.1, -0.05) is 72.4 Å². The molecule has 0 aromatic heterocycles. The van der Waals surface area contributed by atoms with E-state index in [4.69, 9.17) is 27.9 Å². The minimum atomic E-state index is -4.26. The van der Waals surface area contributed by atoms with E-state index in [9.17, 15) is 18.0 Å². The maximum absolute atomic E-state index is 14.0. The first-order chi connectivity index (χ1) is 19.5. The highest BCUT2D eigenvalue weighted by atomic mass is 35.5. The molecule has 1 N–H and O–H groups in total. The lowest BCUT2D eigenvalue weighted by Gasteiger charge is -2.32. The minimum absolute atomic E-state index is 0.00952. The Bertz CT molecular complexity index is 1450. The Hall–Kier alpha value is -3.27. The van der Waals surface area contributed by atoms with Gasteiger partial charge in [0, 0.05) is 13.1 Å². The molecule has 0 unspecified atom stereocenters. The molecule has 0 aliphatic rings. The molecule has 3 aromatic rings. The lowest BCUT2D eigenvalue weighted by atomic mass is 10.1. The van der Waals surface area contributed by atoms with Gasteiger partial charge in [-0.15, -0.1) is 0 Å². The van der Waals surface area contributed by atoms with Crippen LogP contribution in [0.25, 0.3) is 0 Å². The molecule has 0 fully saturated rings. The van der Waals surface area contributed by atoms with Crippen LogP contribution in [0.3, 0.4) is 0 Å². The Morgan fingerprint density at radius 2 is 1.66 bits per heavy atom. The van der Waals surface area contributed by atoms with Crippen LogP contribution in [0, 0.1) is 6.92 Å². The van der Waals surface area contributed by atoms with Gasteiger partial charge in [0.05, 0.1) is 27.7 Å². The maximum Gasteiger partial charge on any atom is 0.264 e. The van der Waals surface area contributed by atoms with E-state index in [1.807, 2.05) is 13.8 Å². The van der Waals surface area contributed by atoms with Crippen LogP contribution in [0.15, 0.2) is 71.6 Å². The molecule has 220 valence electrons. The molecule has 11 heteroatoms. The Kier molecular flexibility index (Phi) is 11.5. The van der Waals surface area contributed by atoms with Gasteiger partial charge in [-0.05, 0) is 62.2 Å². The molecule has 0 spiro atoms. The van der Waals surface area contributed by atoms with Crippen LogP contribution in [-0.4, -0.2) is 51.4 Å². The van der Waals surface area contributed by atoms with Crippen LogP contribution in [0.4, 0.5) is 5.69 Å². The molecular formula is C30H35Cl2N3O5S. The number of nitrogens with zero attached hydrogens (tertiary/aromatic N) is 2. The van der Waals surface area contributed by atoms with E-state index in [0.29, 0.717) is 12.3 Å². The number of ether oxygens (including phenoxy) is 1. The summed E-state index contributed by atoms with van der Waals surface area (Å²) in [6.07, 6.45) is 1.69. The SMILES string of the molecule is CCCCNC(=O)[C@@H](C)N(Cc1ccc(OC)cc1)C(=O)CN(c1cccc(Cl)c1Cl)S(=O)(=O)c1ccc(C)cc1. The zero-order valence-electron chi connectivity index (χ0n) is 23.6. The fraction of sp³-hybridized carbons (Fsp3) is 0.333. The Balaban J connectivity index is 2.03. The van der Waals surface area contributed by atoms with Crippen molar-refractivity contribution in [3.63, 3.8) is 0 Å². The van der Waals surface area contributed by atoms with Crippen LogP contribution in [0.5, 0.6) is 5.75 Å². The van der Waals surface area contributed by atoms with Crippen molar-refractivity contribution in [2.24, 2.45) is 0 Å². The number of halogens is 2. The van der Waals surface area contributed by atoms with Crippen molar-refractivity contribution in [3.05, 3.63) is 87.9 Å². The molecule has 3 rings (SSSR count). The number of nitrogens with one attached hydrogen (secondary N) is 1. The summed E-state index contributed by atoms with van der Waals surface area (Å²) < 4.78 is 34.0. The second kappa shape index (κ2) is 14.6. The third-order valence-electron chi connectivity index (χ3n) is 6.60. The lowest BCUT2D eigenvalue weighted by Crippen LogP contribution is -2.51. The maximum atomic E-state index is 14.0. The van der Waals surface area contributed by atoms with E-state index in [1.54, 1.807) is 56.5 Å². The van der Waals surface area contributed by atoms with E-state index in [0.717, 1.165) is 28.3 Å². The average molecular weight is 621 g/mol. The summed E-state index contributed by atoms with van der Waals surface area (Å²) in [6.45, 7) is 5.39. The zero-order chi connectivity index (χ0) is 30.2. The predicted octanol–water partition coefficient (Wildman–Crippen LogP) is 5.84. The first kappa shape index (κ1) is 32.2. The van der Waals surface area contributed by atoms with Gasteiger partial charge in [-0.25, -0.2) is 8.42 Å². The Morgan fingerprint density at radius 3 is 2.27 bits per heavy atom. The van der Waals surface area contributed by atoms with E-state index < -0.39 is 28.5 Å². The largest absolute Gasteiger partial charge is 0.497 e. The van der Waals surface area contributed by atoms with Crippen LogP contribution < -0.4 is 14.4 Å². The number of carbonyl (C=O) groups excluding carboxylic acids is 2. The minimum Gasteiger partial charge on any atom is -0.497 e. The average Bonchev–Trinajstić information content (AvgIpc) is 2.96. The molecule has 1 atom stereocenters. The molecule has 0 aliphatic heterocycles. The number of rotatable bonds is 13. The number of benzene rings is 3. The van der Waals surface area contributed by atoms with E-state index in [1.165, 1.54) is 29.2 Å². The second-order valence-electron chi connectivity index (χ2n) is 9.59. The van der Waals surface area contributed by atoms with Crippen molar-refractivity contribution in [1.29, 1.82) is 0 Å². The lowest BCUT2D eigenvalue weighted by molar-refractivity contribution is -0.139. The molecular weight excluding hydrogens is 585 g/mol. The van der Waals surface area contributed by atoms with Crippen LogP contribution in [0.2, 0.25) is 10.0 Å². The summed E-state index contributed by atoms with van der Waals surface area (Å²) in [4.78, 5) is 28.4. The molecule has 8 nitrogen and oxygen atoms in total. The normalized spacial score (nSPS) is 12.0. The molecule has 0 aliphatic carbocycles. The van der Waals surface area contributed by atoms with Gasteiger partial charge in [-0.2, -0.15) is 0 Å². The highest BCUT2D eigenvalue weighted by Gasteiger charge is 2.33. The summed E-state index contributed by atoms with van der Waals surface area (Å²) in [5.74, 6) is -0.289. The van der Waals surface area contributed by atoms with E-state index >= 15 is 0 Å². The monoisotopic (exact) mass is 619 g/mol. The highest BCUT2D eigenvalue weighted by molar-refractivity contribution is 7.92. The number of sulfonamides is 1. The smallest absolute Gasteiger partial charge is 0.264 e. The van der Waals surface area contributed by atoms with E-state index in [2.05, 4.69) is 5.32 Å². The molecule has 41 heavy (non-hydrogen) atoms. The molecule has 0 heterocycles. The Morgan fingerprint density at radius 1 is 1.00 bits per heavy atom. The Labute approximate surface area is 252 Å². The third kappa shape index (κ3) is 8.15. The van der Waals surface area contributed by atoms with Crippen LogP contribution in [-0.2, 0) is 26.2 Å². The van der Waals surface area contributed by atoms with Crippen molar-refractivity contribution in [2.75, 3.05) is 24.5 Å². The highest BCUT2D eigenvalue weighted by Crippen LogP contribution is 2.35.